The zero-order valence-electron chi connectivity index (χ0n) is 11.6. The van der Waals surface area contributed by atoms with Crippen molar-refractivity contribution in [2.75, 3.05) is 5.32 Å². The second kappa shape index (κ2) is 6.47. The van der Waals surface area contributed by atoms with Crippen LogP contribution in [0.1, 0.15) is 31.2 Å². The third kappa shape index (κ3) is 4.20. The molecule has 1 aliphatic carbocycles. The number of alkyl halides is 3. The van der Waals surface area contributed by atoms with Crippen LogP contribution >= 0.6 is 0 Å². The second-order valence-corrected chi connectivity index (χ2v) is 5.50. The lowest BCUT2D eigenvalue weighted by molar-refractivity contribution is -0.185. The fraction of sp³-hybridized carbons (Fsp3) is 0.533. The van der Waals surface area contributed by atoms with E-state index in [9.17, 15) is 18.0 Å². The van der Waals surface area contributed by atoms with Crippen LogP contribution in [0.5, 0.6) is 0 Å². The summed E-state index contributed by atoms with van der Waals surface area (Å²) in [5.41, 5.74) is 6.97. The summed E-state index contributed by atoms with van der Waals surface area (Å²) in [5, 5.41) is 2.70. The highest BCUT2D eigenvalue weighted by Crippen LogP contribution is 2.40. The summed E-state index contributed by atoms with van der Waals surface area (Å²) in [6.07, 6.45) is -3.26. The molecule has 1 aromatic rings. The maximum atomic E-state index is 12.8. The molecule has 1 aromatic carbocycles. The van der Waals surface area contributed by atoms with Crippen molar-refractivity contribution in [3.63, 3.8) is 0 Å². The molecule has 6 heteroatoms. The number of amides is 1. The number of benzene rings is 1. The predicted molar refractivity (Wildman–Crippen MR) is 74.5 cm³/mol. The summed E-state index contributed by atoms with van der Waals surface area (Å²) in [4.78, 5) is 12.1. The molecule has 1 aliphatic rings. The fourth-order valence-electron chi connectivity index (χ4n) is 2.75. The van der Waals surface area contributed by atoms with E-state index in [1.807, 2.05) is 6.07 Å². The van der Waals surface area contributed by atoms with Gasteiger partial charge in [-0.1, -0.05) is 18.6 Å². The Kier molecular flexibility index (Phi) is 4.88. The Balaban J connectivity index is 1.99. The number of hydrogen-bond acceptors (Lipinski definition) is 2. The molecule has 116 valence electrons. The maximum absolute atomic E-state index is 12.8. The lowest BCUT2D eigenvalue weighted by Crippen LogP contribution is -2.34. The van der Waals surface area contributed by atoms with E-state index in [-0.39, 0.29) is 18.7 Å². The topological polar surface area (TPSA) is 55.1 Å². The van der Waals surface area contributed by atoms with E-state index in [1.54, 1.807) is 18.2 Å². The van der Waals surface area contributed by atoms with E-state index < -0.39 is 18.0 Å². The summed E-state index contributed by atoms with van der Waals surface area (Å²) < 4.78 is 38.3. The minimum absolute atomic E-state index is 0.119. The standard InChI is InChI=1S/C15H19F3N2O/c16-15(17,18)12-5-2-4-11(8-12)14(21)20-13-6-1-3-10(7-13)9-19/h1,3,6-7,11-12H,2,4-5,8-9,19H2,(H,20,21). The molecule has 0 spiro atoms. The third-order valence-electron chi connectivity index (χ3n) is 3.94. The van der Waals surface area contributed by atoms with Crippen molar-refractivity contribution in [3.05, 3.63) is 29.8 Å². The summed E-state index contributed by atoms with van der Waals surface area (Å²) in [6, 6.07) is 7.04. The van der Waals surface area contributed by atoms with Crippen LogP contribution < -0.4 is 11.1 Å². The minimum atomic E-state index is -4.21. The first-order chi connectivity index (χ1) is 9.90. The number of nitrogens with one attached hydrogen (secondary N) is 1. The molecule has 1 fully saturated rings. The molecule has 0 aromatic heterocycles. The van der Waals surface area contributed by atoms with E-state index in [1.165, 1.54) is 0 Å². The molecule has 0 heterocycles. The summed E-state index contributed by atoms with van der Waals surface area (Å²) in [7, 11) is 0. The average molecular weight is 300 g/mol. The molecule has 0 bridgehead atoms. The lowest BCUT2D eigenvalue weighted by atomic mass is 9.80. The Morgan fingerprint density at radius 1 is 1.33 bits per heavy atom. The Bertz CT molecular complexity index is 502. The first-order valence-corrected chi connectivity index (χ1v) is 7.06. The number of anilines is 1. The maximum Gasteiger partial charge on any atom is 0.391 e. The van der Waals surface area contributed by atoms with E-state index in [0.29, 0.717) is 25.1 Å². The van der Waals surface area contributed by atoms with Crippen molar-refractivity contribution >= 4 is 11.6 Å². The normalized spacial score (nSPS) is 22.9. The van der Waals surface area contributed by atoms with Crippen molar-refractivity contribution in [1.29, 1.82) is 0 Å². The van der Waals surface area contributed by atoms with Crippen LogP contribution in [0, 0.1) is 11.8 Å². The van der Waals surface area contributed by atoms with Crippen molar-refractivity contribution in [2.24, 2.45) is 17.6 Å². The van der Waals surface area contributed by atoms with Gasteiger partial charge in [-0.05, 0) is 37.0 Å². The fourth-order valence-corrected chi connectivity index (χ4v) is 2.75. The van der Waals surface area contributed by atoms with Crippen LogP contribution in [0.2, 0.25) is 0 Å². The van der Waals surface area contributed by atoms with Crippen LogP contribution in [0.25, 0.3) is 0 Å². The number of nitrogens with two attached hydrogens (primary N) is 1. The third-order valence-corrected chi connectivity index (χ3v) is 3.94. The highest BCUT2D eigenvalue weighted by atomic mass is 19.4. The van der Waals surface area contributed by atoms with Crippen LogP contribution in [-0.2, 0) is 11.3 Å². The van der Waals surface area contributed by atoms with Crippen LogP contribution in [0.15, 0.2) is 24.3 Å². The van der Waals surface area contributed by atoms with Crippen molar-refractivity contribution in [3.8, 4) is 0 Å². The Morgan fingerprint density at radius 3 is 2.76 bits per heavy atom. The largest absolute Gasteiger partial charge is 0.391 e. The van der Waals surface area contributed by atoms with Crippen molar-refractivity contribution in [2.45, 2.75) is 38.4 Å². The highest BCUT2D eigenvalue weighted by Gasteiger charge is 2.43. The molecule has 0 radical (unpaired) electrons. The van der Waals surface area contributed by atoms with Gasteiger partial charge in [-0.3, -0.25) is 4.79 Å². The number of halogens is 3. The number of hydrogen-bond donors (Lipinski definition) is 2. The first kappa shape index (κ1) is 15.8. The van der Waals surface area contributed by atoms with Crippen LogP contribution in [0.3, 0.4) is 0 Å². The SMILES string of the molecule is NCc1cccc(NC(=O)C2CCCC(C(F)(F)F)C2)c1. The molecule has 2 unspecified atom stereocenters. The van der Waals surface area contributed by atoms with Gasteiger partial charge in [0.2, 0.25) is 5.91 Å². The monoisotopic (exact) mass is 300 g/mol. The van der Waals surface area contributed by atoms with Crippen LogP contribution in [-0.4, -0.2) is 12.1 Å². The second-order valence-electron chi connectivity index (χ2n) is 5.50. The van der Waals surface area contributed by atoms with Gasteiger partial charge in [-0.15, -0.1) is 0 Å². The molecule has 0 saturated heterocycles. The molecule has 2 atom stereocenters. The molecular weight excluding hydrogens is 281 g/mol. The first-order valence-electron chi connectivity index (χ1n) is 7.06. The molecule has 3 nitrogen and oxygen atoms in total. The summed E-state index contributed by atoms with van der Waals surface area (Å²) in [6.45, 7) is 0.350. The minimum Gasteiger partial charge on any atom is -0.326 e. The van der Waals surface area contributed by atoms with E-state index >= 15 is 0 Å². The van der Waals surface area contributed by atoms with Gasteiger partial charge in [-0.2, -0.15) is 13.2 Å². The lowest BCUT2D eigenvalue weighted by Gasteiger charge is -2.29. The van der Waals surface area contributed by atoms with E-state index in [0.717, 1.165) is 5.56 Å². The zero-order valence-corrected chi connectivity index (χ0v) is 11.6. The summed E-state index contributed by atoms with van der Waals surface area (Å²) >= 11 is 0. The van der Waals surface area contributed by atoms with Gasteiger partial charge >= 0.3 is 6.18 Å². The molecule has 0 aliphatic heterocycles. The molecule has 2 rings (SSSR count). The molecule has 1 amide bonds. The van der Waals surface area contributed by atoms with Gasteiger partial charge < -0.3 is 11.1 Å². The molecule has 3 N–H and O–H groups in total. The van der Waals surface area contributed by atoms with Gasteiger partial charge in [0.15, 0.2) is 0 Å². The average Bonchev–Trinajstić information content (AvgIpc) is 2.46. The smallest absolute Gasteiger partial charge is 0.326 e. The summed E-state index contributed by atoms with van der Waals surface area (Å²) in [5.74, 6) is -2.28. The van der Waals surface area contributed by atoms with Crippen molar-refractivity contribution in [1.82, 2.24) is 0 Å². The highest BCUT2D eigenvalue weighted by molar-refractivity contribution is 5.92. The number of carbonyl (C=O) groups excluding carboxylic acids is 1. The predicted octanol–water partition coefficient (Wildman–Crippen LogP) is 3.45. The van der Waals surface area contributed by atoms with Crippen LogP contribution in [0.4, 0.5) is 18.9 Å². The quantitative estimate of drug-likeness (QED) is 0.898. The molecule has 21 heavy (non-hydrogen) atoms. The molecular formula is C15H19F3N2O. The van der Waals surface area contributed by atoms with Gasteiger partial charge in [0, 0.05) is 18.2 Å². The Hall–Kier alpha value is -1.56. The Morgan fingerprint density at radius 2 is 2.10 bits per heavy atom. The number of carbonyl (C=O) groups is 1. The Labute approximate surface area is 121 Å². The number of rotatable bonds is 3. The van der Waals surface area contributed by atoms with E-state index in [2.05, 4.69) is 5.32 Å². The zero-order chi connectivity index (χ0) is 15.5. The van der Waals surface area contributed by atoms with Crippen molar-refractivity contribution < 1.29 is 18.0 Å². The van der Waals surface area contributed by atoms with Gasteiger partial charge in [-0.25, -0.2) is 0 Å². The van der Waals surface area contributed by atoms with Gasteiger partial charge in [0.05, 0.1) is 5.92 Å². The van der Waals surface area contributed by atoms with Gasteiger partial charge in [0.1, 0.15) is 0 Å². The van der Waals surface area contributed by atoms with Gasteiger partial charge in [0.25, 0.3) is 0 Å². The molecule has 1 saturated carbocycles. The van der Waals surface area contributed by atoms with E-state index in [4.69, 9.17) is 5.73 Å².